The molecule has 0 saturated carbocycles. The molecule has 0 aliphatic heterocycles. The standard InChI is InChI=1S/C18H32N4O7/c1-8(2)6-12(18(28)29)21-15(25)10(5)20-17(27)14(9(3)4)22-16(26)11(19)7-13(23)24/h8-12,14H,6-7,19H2,1-5H3,(H,20,27)(H,21,25)(H,22,26)(H,23,24)(H,28,29). The van der Waals surface area contributed by atoms with Gasteiger partial charge in [-0.2, -0.15) is 0 Å². The lowest BCUT2D eigenvalue weighted by Gasteiger charge is -2.25. The molecular formula is C18H32N4O7. The summed E-state index contributed by atoms with van der Waals surface area (Å²) in [5.74, 6) is -4.92. The van der Waals surface area contributed by atoms with E-state index >= 15 is 0 Å². The lowest BCUT2D eigenvalue weighted by molar-refractivity contribution is -0.142. The summed E-state index contributed by atoms with van der Waals surface area (Å²) in [6.07, 6.45) is -0.364. The highest BCUT2D eigenvalue weighted by molar-refractivity contribution is 5.94. The zero-order chi connectivity index (χ0) is 22.9. The third-order valence-electron chi connectivity index (χ3n) is 4.05. The quantitative estimate of drug-likeness (QED) is 0.235. The topological polar surface area (TPSA) is 188 Å². The number of carboxylic acid groups (broad SMARTS) is 2. The molecule has 3 amide bonds. The minimum Gasteiger partial charge on any atom is -0.481 e. The summed E-state index contributed by atoms with van der Waals surface area (Å²) in [4.78, 5) is 58.7. The van der Waals surface area contributed by atoms with Crippen molar-refractivity contribution in [3.8, 4) is 0 Å². The molecule has 0 aromatic rings. The number of carbonyl (C=O) groups excluding carboxylic acids is 3. The van der Waals surface area contributed by atoms with E-state index in [-0.39, 0.29) is 18.3 Å². The molecule has 0 aliphatic rings. The summed E-state index contributed by atoms with van der Waals surface area (Å²) in [5.41, 5.74) is 5.49. The number of rotatable bonds is 12. The molecule has 166 valence electrons. The first kappa shape index (κ1) is 26.3. The maximum Gasteiger partial charge on any atom is 0.326 e. The summed E-state index contributed by atoms with van der Waals surface area (Å²) in [5, 5.41) is 25.1. The van der Waals surface area contributed by atoms with E-state index in [0.717, 1.165) is 0 Å². The van der Waals surface area contributed by atoms with Gasteiger partial charge in [-0.25, -0.2) is 4.79 Å². The first-order chi connectivity index (χ1) is 13.3. The second-order valence-corrected chi connectivity index (χ2v) is 7.69. The second-order valence-electron chi connectivity index (χ2n) is 7.69. The Bertz CT molecular complexity index is 621. The molecule has 7 N–H and O–H groups in total. The number of hydrogen-bond donors (Lipinski definition) is 6. The van der Waals surface area contributed by atoms with Crippen LogP contribution in [0.15, 0.2) is 0 Å². The fraction of sp³-hybridized carbons (Fsp3) is 0.722. The summed E-state index contributed by atoms with van der Waals surface area (Å²) >= 11 is 0. The smallest absolute Gasteiger partial charge is 0.326 e. The minimum atomic E-state index is -1.32. The molecule has 0 aromatic heterocycles. The molecule has 0 bridgehead atoms. The molecule has 11 heteroatoms. The molecule has 4 atom stereocenters. The molecule has 0 heterocycles. The molecule has 0 spiro atoms. The first-order valence-corrected chi connectivity index (χ1v) is 9.37. The van der Waals surface area contributed by atoms with Gasteiger partial charge in [-0.15, -0.1) is 0 Å². The molecule has 0 aliphatic carbocycles. The Labute approximate surface area is 169 Å². The van der Waals surface area contributed by atoms with E-state index in [0.29, 0.717) is 0 Å². The van der Waals surface area contributed by atoms with Crippen molar-refractivity contribution >= 4 is 29.7 Å². The predicted octanol–water partition coefficient (Wildman–Crippen LogP) is -0.951. The monoisotopic (exact) mass is 416 g/mol. The minimum absolute atomic E-state index is 0.0387. The molecule has 11 nitrogen and oxygen atoms in total. The van der Waals surface area contributed by atoms with Crippen LogP contribution in [0.1, 0.15) is 47.5 Å². The van der Waals surface area contributed by atoms with E-state index in [2.05, 4.69) is 16.0 Å². The van der Waals surface area contributed by atoms with Crippen molar-refractivity contribution in [3.63, 3.8) is 0 Å². The number of carbonyl (C=O) groups is 5. The van der Waals surface area contributed by atoms with Crippen molar-refractivity contribution < 1.29 is 34.2 Å². The van der Waals surface area contributed by atoms with Crippen LogP contribution in [0.3, 0.4) is 0 Å². The summed E-state index contributed by atoms with van der Waals surface area (Å²) in [7, 11) is 0. The average Bonchev–Trinajstić information content (AvgIpc) is 2.56. The Morgan fingerprint density at radius 2 is 1.38 bits per heavy atom. The Balaban J connectivity index is 4.99. The highest BCUT2D eigenvalue weighted by atomic mass is 16.4. The van der Waals surface area contributed by atoms with E-state index in [4.69, 9.17) is 10.8 Å². The van der Waals surface area contributed by atoms with Crippen molar-refractivity contribution in [2.75, 3.05) is 0 Å². The molecule has 0 aromatic carbocycles. The van der Waals surface area contributed by atoms with Gasteiger partial charge in [0.2, 0.25) is 17.7 Å². The zero-order valence-electron chi connectivity index (χ0n) is 17.4. The van der Waals surface area contributed by atoms with Crippen molar-refractivity contribution in [3.05, 3.63) is 0 Å². The van der Waals surface area contributed by atoms with Crippen molar-refractivity contribution in [1.29, 1.82) is 0 Å². The SMILES string of the molecule is CC(C)CC(NC(=O)C(C)NC(=O)C(NC(=O)C(N)CC(=O)O)C(C)C)C(=O)O. The Kier molecular flexibility index (Phi) is 10.9. The van der Waals surface area contributed by atoms with Crippen molar-refractivity contribution in [2.24, 2.45) is 17.6 Å². The predicted molar refractivity (Wildman–Crippen MR) is 104 cm³/mol. The van der Waals surface area contributed by atoms with Crippen LogP contribution >= 0.6 is 0 Å². The highest BCUT2D eigenvalue weighted by Gasteiger charge is 2.30. The Hall–Kier alpha value is -2.69. The Morgan fingerprint density at radius 1 is 0.828 bits per heavy atom. The lowest BCUT2D eigenvalue weighted by atomic mass is 10.0. The van der Waals surface area contributed by atoms with Crippen molar-refractivity contribution in [2.45, 2.75) is 71.6 Å². The molecule has 0 saturated heterocycles. The van der Waals surface area contributed by atoms with Gasteiger partial charge in [0.25, 0.3) is 0 Å². The van der Waals surface area contributed by atoms with Crippen LogP contribution in [-0.4, -0.2) is 64.0 Å². The van der Waals surface area contributed by atoms with Gasteiger partial charge in [-0.1, -0.05) is 27.7 Å². The zero-order valence-corrected chi connectivity index (χ0v) is 17.4. The van der Waals surface area contributed by atoms with Crippen LogP contribution in [0.2, 0.25) is 0 Å². The van der Waals surface area contributed by atoms with Crippen LogP contribution in [0.5, 0.6) is 0 Å². The molecule has 0 radical (unpaired) electrons. The molecule has 4 unspecified atom stereocenters. The van der Waals surface area contributed by atoms with Crippen molar-refractivity contribution in [1.82, 2.24) is 16.0 Å². The second kappa shape index (κ2) is 12.0. The first-order valence-electron chi connectivity index (χ1n) is 9.37. The molecule has 0 fully saturated rings. The third kappa shape index (κ3) is 9.88. The van der Waals surface area contributed by atoms with Crippen LogP contribution in [-0.2, 0) is 24.0 Å². The molecular weight excluding hydrogens is 384 g/mol. The van der Waals surface area contributed by atoms with Crippen LogP contribution in [0, 0.1) is 11.8 Å². The van der Waals surface area contributed by atoms with Crippen LogP contribution in [0.4, 0.5) is 0 Å². The summed E-state index contributed by atoms with van der Waals surface area (Å²) < 4.78 is 0. The molecule has 0 rings (SSSR count). The lowest BCUT2D eigenvalue weighted by Crippen LogP contribution is -2.57. The van der Waals surface area contributed by atoms with E-state index in [1.165, 1.54) is 6.92 Å². The average molecular weight is 416 g/mol. The van der Waals surface area contributed by atoms with E-state index in [1.54, 1.807) is 13.8 Å². The van der Waals surface area contributed by atoms with Gasteiger partial charge in [-0.3, -0.25) is 19.2 Å². The highest BCUT2D eigenvalue weighted by Crippen LogP contribution is 2.06. The maximum atomic E-state index is 12.5. The van der Waals surface area contributed by atoms with Crippen LogP contribution < -0.4 is 21.7 Å². The summed E-state index contributed by atoms with van der Waals surface area (Å²) in [6, 6.07) is -4.52. The van der Waals surface area contributed by atoms with Gasteiger partial charge in [0, 0.05) is 0 Å². The fourth-order valence-corrected chi connectivity index (χ4v) is 2.43. The Morgan fingerprint density at radius 3 is 1.79 bits per heavy atom. The van der Waals surface area contributed by atoms with Gasteiger partial charge in [0.1, 0.15) is 18.1 Å². The maximum absolute atomic E-state index is 12.5. The number of aliphatic carboxylic acids is 2. The molecule has 29 heavy (non-hydrogen) atoms. The van der Waals surface area contributed by atoms with E-state index in [1.807, 2.05) is 13.8 Å². The number of carboxylic acids is 2. The van der Waals surface area contributed by atoms with E-state index in [9.17, 15) is 29.1 Å². The number of hydrogen-bond acceptors (Lipinski definition) is 6. The fourth-order valence-electron chi connectivity index (χ4n) is 2.43. The third-order valence-corrected chi connectivity index (χ3v) is 4.05. The number of nitrogens with two attached hydrogens (primary N) is 1. The van der Waals surface area contributed by atoms with Gasteiger partial charge in [-0.05, 0) is 25.2 Å². The van der Waals surface area contributed by atoms with Gasteiger partial charge < -0.3 is 31.9 Å². The van der Waals surface area contributed by atoms with Gasteiger partial charge in [0.15, 0.2) is 0 Å². The van der Waals surface area contributed by atoms with Crippen LogP contribution in [0.25, 0.3) is 0 Å². The normalized spacial score (nSPS) is 15.2. The van der Waals surface area contributed by atoms with E-state index < -0.39 is 60.2 Å². The number of nitrogens with one attached hydrogen (secondary N) is 3. The van der Waals surface area contributed by atoms with Gasteiger partial charge >= 0.3 is 11.9 Å². The number of amides is 3. The largest absolute Gasteiger partial charge is 0.481 e. The van der Waals surface area contributed by atoms with Gasteiger partial charge in [0.05, 0.1) is 12.5 Å². The summed E-state index contributed by atoms with van der Waals surface area (Å²) in [6.45, 7) is 8.33.